The van der Waals surface area contributed by atoms with Gasteiger partial charge in [0.25, 0.3) is 0 Å². The summed E-state index contributed by atoms with van der Waals surface area (Å²) in [6.07, 6.45) is 8.64. The van der Waals surface area contributed by atoms with Crippen LogP contribution < -0.4 is 10.2 Å². The molecule has 150 valence electrons. The van der Waals surface area contributed by atoms with Crippen molar-refractivity contribution in [2.45, 2.75) is 31.7 Å². The van der Waals surface area contributed by atoms with E-state index in [1.54, 1.807) is 11.3 Å². The van der Waals surface area contributed by atoms with Crippen LogP contribution in [0.4, 0.5) is 11.9 Å². The highest BCUT2D eigenvalue weighted by Crippen LogP contribution is 2.33. The number of anilines is 2. The monoisotopic (exact) mass is 408 g/mol. The summed E-state index contributed by atoms with van der Waals surface area (Å²) in [4.78, 5) is 22.1. The van der Waals surface area contributed by atoms with Gasteiger partial charge in [0.2, 0.25) is 11.9 Å². The Morgan fingerprint density at radius 1 is 1.07 bits per heavy atom. The molecule has 0 unspecified atom stereocenters. The summed E-state index contributed by atoms with van der Waals surface area (Å²) in [7, 11) is 0. The zero-order valence-electron chi connectivity index (χ0n) is 16.3. The molecule has 1 N–H and O–H groups in total. The number of aromatic nitrogens is 4. The second-order valence-corrected chi connectivity index (χ2v) is 8.35. The lowest BCUT2D eigenvalue weighted by Crippen LogP contribution is -2.37. The van der Waals surface area contributed by atoms with Crippen LogP contribution in [0.3, 0.4) is 0 Å². The second kappa shape index (κ2) is 8.42. The van der Waals surface area contributed by atoms with Gasteiger partial charge in [-0.1, -0.05) is 18.9 Å². The minimum Gasteiger partial charge on any atom is -0.378 e. The lowest BCUT2D eigenvalue weighted by molar-refractivity contribution is 0.122. The van der Waals surface area contributed by atoms with Crippen LogP contribution in [0.25, 0.3) is 21.8 Å². The number of morpholine rings is 1. The van der Waals surface area contributed by atoms with Gasteiger partial charge in [-0.25, -0.2) is 19.9 Å². The molecule has 0 spiro atoms. The van der Waals surface area contributed by atoms with Gasteiger partial charge in [-0.2, -0.15) is 0 Å². The van der Waals surface area contributed by atoms with Crippen molar-refractivity contribution in [1.82, 2.24) is 19.9 Å². The Morgan fingerprint density at radius 3 is 2.72 bits per heavy atom. The maximum atomic E-state index is 5.45. The van der Waals surface area contributed by atoms with Crippen molar-refractivity contribution >= 4 is 23.2 Å². The Labute approximate surface area is 174 Å². The minimum atomic E-state index is 0.476. The number of rotatable bonds is 5. The maximum absolute atomic E-state index is 5.45. The lowest BCUT2D eigenvalue weighted by atomic mass is 10.1. The summed E-state index contributed by atoms with van der Waals surface area (Å²) in [6, 6.07) is 6.56. The predicted molar refractivity (Wildman–Crippen MR) is 115 cm³/mol. The number of ether oxygens (including phenoxy) is 1. The van der Waals surface area contributed by atoms with E-state index in [0.717, 1.165) is 40.9 Å². The zero-order valence-corrected chi connectivity index (χ0v) is 17.1. The SMILES string of the molecule is c1csc(-c2nc(NC3CCCC3)ncc2-c2ccnc(N3CCOCC3)n2)c1. The van der Waals surface area contributed by atoms with Crippen molar-refractivity contribution in [1.29, 1.82) is 0 Å². The molecular formula is C21H24N6OS. The average Bonchev–Trinajstić information content (AvgIpc) is 3.49. The fourth-order valence-electron chi connectivity index (χ4n) is 3.91. The van der Waals surface area contributed by atoms with Gasteiger partial charge in [0.15, 0.2) is 0 Å². The van der Waals surface area contributed by atoms with E-state index >= 15 is 0 Å². The Hall–Kier alpha value is -2.58. The number of nitrogens with zero attached hydrogens (tertiary/aromatic N) is 5. The van der Waals surface area contributed by atoms with Gasteiger partial charge in [-0.3, -0.25) is 0 Å². The molecule has 1 saturated carbocycles. The van der Waals surface area contributed by atoms with Gasteiger partial charge >= 0.3 is 0 Å². The molecule has 0 amide bonds. The van der Waals surface area contributed by atoms with E-state index < -0.39 is 0 Å². The van der Waals surface area contributed by atoms with Crippen molar-refractivity contribution in [3.63, 3.8) is 0 Å². The third-order valence-corrected chi connectivity index (χ3v) is 6.32. The van der Waals surface area contributed by atoms with Gasteiger partial charge in [-0.15, -0.1) is 11.3 Å². The first kappa shape index (κ1) is 18.4. The van der Waals surface area contributed by atoms with E-state index in [9.17, 15) is 0 Å². The molecule has 1 aliphatic carbocycles. The highest BCUT2D eigenvalue weighted by atomic mass is 32.1. The topological polar surface area (TPSA) is 76.1 Å². The Bertz CT molecular complexity index is 952. The molecule has 0 radical (unpaired) electrons. The normalized spacial score (nSPS) is 17.6. The second-order valence-electron chi connectivity index (χ2n) is 7.40. The molecule has 1 saturated heterocycles. The number of nitrogens with one attached hydrogen (secondary N) is 1. The van der Waals surface area contributed by atoms with Crippen molar-refractivity contribution in [3.05, 3.63) is 36.0 Å². The summed E-state index contributed by atoms with van der Waals surface area (Å²) in [5.41, 5.74) is 2.70. The van der Waals surface area contributed by atoms with Crippen molar-refractivity contribution in [2.75, 3.05) is 36.5 Å². The highest BCUT2D eigenvalue weighted by Gasteiger charge is 2.20. The number of thiophene rings is 1. The molecule has 29 heavy (non-hydrogen) atoms. The fourth-order valence-corrected chi connectivity index (χ4v) is 4.63. The molecule has 0 bridgehead atoms. The molecule has 2 fully saturated rings. The first-order chi connectivity index (χ1) is 14.4. The van der Waals surface area contributed by atoms with E-state index in [1.807, 2.05) is 18.5 Å². The predicted octanol–water partition coefficient (Wildman–Crippen LogP) is 3.85. The smallest absolute Gasteiger partial charge is 0.226 e. The van der Waals surface area contributed by atoms with Crippen LogP contribution in [0.15, 0.2) is 36.0 Å². The quantitative estimate of drug-likeness (QED) is 0.687. The summed E-state index contributed by atoms with van der Waals surface area (Å²) in [6.45, 7) is 3.03. The molecule has 7 nitrogen and oxygen atoms in total. The molecule has 3 aromatic rings. The Morgan fingerprint density at radius 2 is 1.93 bits per heavy atom. The van der Waals surface area contributed by atoms with E-state index in [2.05, 4.69) is 37.7 Å². The van der Waals surface area contributed by atoms with E-state index in [0.29, 0.717) is 25.2 Å². The van der Waals surface area contributed by atoms with Gasteiger partial charge in [-0.05, 0) is 30.4 Å². The van der Waals surface area contributed by atoms with Crippen LogP contribution in [0.2, 0.25) is 0 Å². The maximum Gasteiger partial charge on any atom is 0.226 e. The van der Waals surface area contributed by atoms with E-state index in [4.69, 9.17) is 14.7 Å². The van der Waals surface area contributed by atoms with E-state index in [1.165, 1.54) is 25.7 Å². The lowest BCUT2D eigenvalue weighted by Gasteiger charge is -2.26. The minimum absolute atomic E-state index is 0.476. The van der Waals surface area contributed by atoms with Gasteiger partial charge in [0.05, 0.1) is 29.5 Å². The van der Waals surface area contributed by atoms with Crippen LogP contribution in [-0.4, -0.2) is 52.3 Å². The van der Waals surface area contributed by atoms with Crippen LogP contribution in [0.5, 0.6) is 0 Å². The molecule has 3 aromatic heterocycles. The molecule has 1 aliphatic heterocycles. The molecule has 8 heteroatoms. The standard InChI is InChI=1S/C21H24N6OS/c1-2-5-15(4-1)24-20-23-14-16(19(26-20)18-6-3-13-29-18)17-7-8-22-21(25-17)27-9-11-28-12-10-27/h3,6-8,13-15H,1-2,4-5,9-12H2,(H,23,24,26). The zero-order chi connectivity index (χ0) is 19.5. The van der Waals surface area contributed by atoms with Crippen molar-refractivity contribution < 1.29 is 4.74 Å². The highest BCUT2D eigenvalue weighted by molar-refractivity contribution is 7.13. The summed E-state index contributed by atoms with van der Waals surface area (Å²) in [5.74, 6) is 1.43. The van der Waals surface area contributed by atoms with Crippen LogP contribution in [0.1, 0.15) is 25.7 Å². The third-order valence-electron chi connectivity index (χ3n) is 5.44. The number of hydrogen-bond donors (Lipinski definition) is 1. The van der Waals surface area contributed by atoms with Crippen LogP contribution in [0, 0.1) is 0 Å². The molecule has 5 rings (SSSR count). The number of hydrogen-bond acceptors (Lipinski definition) is 8. The summed E-state index contributed by atoms with van der Waals surface area (Å²) < 4.78 is 5.45. The third kappa shape index (κ3) is 4.09. The van der Waals surface area contributed by atoms with Crippen LogP contribution in [-0.2, 0) is 4.74 Å². The van der Waals surface area contributed by atoms with Crippen molar-refractivity contribution in [3.8, 4) is 21.8 Å². The largest absolute Gasteiger partial charge is 0.378 e. The van der Waals surface area contributed by atoms with Gasteiger partial charge < -0.3 is 15.0 Å². The summed E-state index contributed by atoms with van der Waals surface area (Å²) >= 11 is 1.68. The Kier molecular flexibility index (Phi) is 5.36. The Balaban J connectivity index is 1.50. The molecule has 4 heterocycles. The van der Waals surface area contributed by atoms with Gasteiger partial charge in [0, 0.05) is 37.1 Å². The van der Waals surface area contributed by atoms with Crippen molar-refractivity contribution in [2.24, 2.45) is 0 Å². The van der Waals surface area contributed by atoms with E-state index in [-0.39, 0.29) is 0 Å². The molecule has 0 atom stereocenters. The van der Waals surface area contributed by atoms with Gasteiger partial charge in [0.1, 0.15) is 0 Å². The van der Waals surface area contributed by atoms with Crippen LogP contribution >= 0.6 is 11.3 Å². The average molecular weight is 409 g/mol. The summed E-state index contributed by atoms with van der Waals surface area (Å²) in [5, 5.41) is 5.59. The molecule has 2 aliphatic rings. The molecule has 0 aromatic carbocycles. The first-order valence-electron chi connectivity index (χ1n) is 10.2. The fraction of sp³-hybridized carbons (Fsp3) is 0.429. The first-order valence-corrected chi connectivity index (χ1v) is 11.1. The molecular weight excluding hydrogens is 384 g/mol.